The maximum Gasteiger partial charge on any atom is 0.314 e. The molecule has 3 unspecified atom stereocenters. The van der Waals surface area contributed by atoms with E-state index >= 15 is 0 Å². The highest BCUT2D eigenvalue weighted by Crippen LogP contribution is 2.28. The Morgan fingerprint density at radius 2 is 1.92 bits per heavy atom. The van der Waals surface area contributed by atoms with E-state index in [0.717, 1.165) is 30.1 Å². The fourth-order valence-electron chi connectivity index (χ4n) is 4.70. The number of likely N-dealkylation sites (N-methyl/N-ethyl adjacent to an activating group) is 1. The fourth-order valence-corrected chi connectivity index (χ4v) is 5.79. The van der Waals surface area contributed by atoms with Gasteiger partial charge in [-0.05, 0) is 38.4 Å². The second kappa shape index (κ2) is 11.7. The normalized spacial score (nSPS) is 20.9. The number of fused-ring (bicyclic) bond motifs is 1. The van der Waals surface area contributed by atoms with Crippen LogP contribution in [0.3, 0.4) is 0 Å². The van der Waals surface area contributed by atoms with Crippen molar-refractivity contribution in [2.75, 3.05) is 33.0 Å². The van der Waals surface area contributed by atoms with E-state index in [1.54, 1.807) is 20.2 Å². The van der Waals surface area contributed by atoms with Gasteiger partial charge in [0.25, 0.3) is 5.91 Å². The third kappa shape index (κ3) is 6.35. The number of rotatable bonds is 5. The molecule has 200 valence electrons. The van der Waals surface area contributed by atoms with Gasteiger partial charge in [-0.15, -0.1) is 17.8 Å². The minimum atomic E-state index is -0.890. The van der Waals surface area contributed by atoms with Crippen molar-refractivity contribution >= 4 is 40.8 Å². The number of aromatic nitrogens is 2. The molecule has 38 heavy (non-hydrogen) atoms. The average molecular weight is 538 g/mol. The van der Waals surface area contributed by atoms with E-state index in [4.69, 9.17) is 6.42 Å². The molecule has 2 aromatic heterocycles. The van der Waals surface area contributed by atoms with Crippen molar-refractivity contribution in [1.29, 1.82) is 0 Å². The van der Waals surface area contributed by atoms with E-state index in [-0.39, 0.29) is 23.6 Å². The van der Waals surface area contributed by atoms with Gasteiger partial charge in [0.15, 0.2) is 5.01 Å². The molecule has 1 aliphatic carbocycles. The standard InChI is InChI=1S/C26H31N7O4S/c1-5-15-6-9-21(27-13-15)31-23(35)22(34)28-17-8-7-16(26(37)32(2)3)12-19(17)29-24(36)25-30-18-10-11-33(4)14-20(18)38-25/h1,6,9,13,16-17,19H,7-8,10-12,14H2,2-4H3,(H,28,34)(H,29,36)(H,27,31,35). The second-order valence-electron chi connectivity index (χ2n) is 9.81. The second-order valence-corrected chi connectivity index (χ2v) is 10.9. The third-order valence-corrected chi connectivity index (χ3v) is 7.85. The number of amides is 4. The Kier molecular flexibility index (Phi) is 8.38. The summed E-state index contributed by atoms with van der Waals surface area (Å²) in [6.45, 7) is 1.63. The van der Waals surface area contributed by atoms with Crippen LogP contribution in [0.5, 0.6) is 0 Å². The molecule has 0 aromatic carbocycles. The number of terminal acetylenes is 1. The van der Waals surface area contributed by atoms with Gasteiger partial charge in [0.2, 0.25) is 5.91 Å². The van der Waals surface area contributed by atoms with Crippen molar-refractivity contribution in [2.45, 2.75) is 44.3 Å². The summed E-state index contributed by atoms with van der Waals surface area (Å²) < 4.78 is 0. The van der Waals surface area contributed by atoms with Crippen LogP contribution in [0.15, 0.2) is 18.3 Å². The lowest BCUT2D eigenvalue weighted by atomic mass is 9.81. The van der Waals surface area contributed by atoms with Crippen LogP contribution < -0.4 is 16.0 Å². The number of hydrogen-bond acceptors (Lipinski definition) is 8. The summed E-state index contributed by atoms with van der Waals surface area (Å²) in [5.41, 5.74) is 1.48. The van der Waals surface area contributed by atoms with E-state index in [1.807, 2.05) is 7.05 Å². The van der Waals surface area contributed by atoms with E-state index in [0.29, 0.717) is 29.8 Å². The SMILES string of the molecule is C#Cc1ccc(NC(=O)C(=O)NC2CCC(C(=O)N(C)C)CC2NC(=O)c2nc3c(s2)CN(C)CC3)nc1. The number of carbonyl (C=O) groups is 4. The molecule has 12 heteroatoms. The zero-order chi connectivity index (χ0) is 27.4. The van der Waals surface area contributed by atoms with Crippen molar-refractivity contribution in [3.8, 4) is 12.3 Å². The van der Waals surface area contributed by atoms with Gasteiger partial charge in [-0.3, -0.25) is 19.2 Å². The highest BCUT2D eigenvalue weighted by Gasteiger charge is 2.37. The van der Waals surface area contributed by atoms with Crippen molar-refractivity contribution in [3.05, 3.63) is 39.5 Å². The molecule has 3 N–H and O–H groups in total. The lowest BCUT2D eigenvalue weighted by molar-refractivity contribution is -0.137. The fraction of sp³-hybridized carbons (Fsp3) is 0.462. The Morgan fingerprint density at radius 3 is 2.61 bits per heavy atom. The van der Waals surface area contributed by atoms with Crippen molar-refractivity contribution in [2.24, 2.45) is 5.92 Å². The summed E-state index contributed by atoms with van der Waals surface area (Å²) in [4.78, 5) is 64.5. The first-order valence-corrected chi connectivity index (χ1v) is 13.2. The molecule has 0 spiro atoms. The average Bonchev–Trinajstić information content (AvgIpc) is 3.33. The smallest absolute Gasteiger partial charge is 0.314 e. The zero-order valence-electron chi connectivity index (χ0n) is 21.6. The van der Waals surface area contributed by atoms with E-state index in [9.17, 15) is 19.2 Å². The molecule has 4 amide bonds. The quantitative estimate of drug-likeness (QED) is 0.376. The van der Waals surface area contributed by atoms with Crippen molar-refractivity contribution in [1.82, 2.24) is 30.4 Å². The summed E-state index contributed by atoms with van der Waals surface area (Å²) in [7, 11) is 5.41. The van der Waals surface area contributed by atoms with Crippen LogP contribution in [0.4, 0.5) is 5.82 Å². The van der Waals surface area contributed by atoms with Crippen LogP contribution in [0.1, 0.15) is 45.2 Å². The molecule has 4 rings (SSSR count). The third-order valence-electron chi connectivity index (χ3n) is 6.77. The van der Waals surface area contributed by atoms with E-state index in [1.165, 1.54) is 28.5 Å². The molecule has 2 aliphatic rings. The predicted molar refractivity (Wildman–Crippen MR) is 142 cm³/mol. The molecule has 0 saturated heterocycles. The van der Waals surface area contributed by atoms with Crippen LogP contribution in [0.2, 0.25) is 0 Å². The molecule has 2 aromatic rings. The van der Waals surface area contributed by atoms with E-state index < -0.39 is 23.9 Å². The topological polar surface area (TPSA) is 137 Å². The summed E-state index contributed by atoms with van der Waals surface area (Å²) in [6, 6.07) is 2.01. The minimum Gasteiger partial charge on any atom is -0.349 e. The number of thiazole rings is 1. The van der Waals surface area contributed by atoms with Crippen molar-refractivity contribution < 1.29 is 19.2 Å². The first-order valence-electron chi connectivity index (χ1n) is 12.4. The van der Waals surface area contributed by atoms with Gasteiger partial charge in [-0.1, -0.05) is 5.92 Å². The van der Waals surface area contributed by atoms with Gasteiger partial charge in [0.05, 0.1) is 11.7 Å². The van der Waals surface area contributed by atoms with Gasteiger partial charge >= 0.3 is 11.8 Å². The highest BCUT2D eigenvalue weighted by atomic mass is 32.1. The Bertz CT molecular complexity index is 1270. The largest absolute Gasteiger partial charge is 0.349 e. The Morgan fingerprint density at radius 1 is 1.13 bits per heavy atom. The molecule has 1 fully saturated rings. The van der Waals surface area contributed by atoms with E-state index in [2.05, 4.69) is 36.7 Å². The Balaban J connectivity index is 1.45. The van der Waals surface area contributed by atoms with Crippen LogP contribution in [0, 0.1) is 18.3 Å². The number of nitrogens with one attached hydrogen (secondary N) is 3. The maximum atomic E-state index is 13.2. The molecule has 11 nitrogen and oxygen atoms in total. The molecule has 0 radical (unpaired) electrons. The molecular formula is C26H31N7O4S. The lowest BCUT2D eigenvalue weighted by Crippen LogP contribution is -2.57. The minimum absolute atomic E-state index is 0.0407. The molecule has 3 heterocycles. The molecule has 0 bridgehead atoms. The van der Waals surface area contributed by atoms with Crippen LogP contribution >= 0.6 is 11.3 Å². The van der Waals surface area contributed by atoms with Crippen LogP contribution in [-0.2, 0) is 27.3 Å². The van der Waals surface area contributed by atoms with Gasteiger partial charge in [-0.25, -0.2) is 9.97 Å². The predicted octanol–water partition coefficient (Wildman–Crippen LogP) is 0.618. The number of nitrogens with zero attached hydrogens (tertiary/aromatic N) is 4. The molecule has 1 aliphatic heterocycles. The van der Waals surface area contributed by atoms with Crippen LogP contribution in [-0.4, -0.2) is 83.2 Å². The first-order chi connectivity index (χ1) is 18.1. The number of hydrogen-bond donors (Lipinski definition) is 3. The summed E-state index contributed by atoms with van der Waals surface area (Å²) in [6.07, 6.45) is 8.78. The summed E-state index contributed by atoms with van der Waals surface area (Å²) in [5, 5.41) is 8.52. The van der Waals surface area contributed by atoms with Crippen molar-refractivity contribution in [3.63, 3.8) is 0 Å². The van der Waals surface area contributed by atoms with Gasteiger partial charge in [-0.2, -0.15) is 0 Å². The van der Waals surface area contributed by atoms with Gasteiger partial charge < -0.3 is 25.8 Å². The van der Waals surface area contributed by atoms with Gasteiger partial charge in [0.1, 0.15) is 5.82 Å². The molecule has 1 saturated carbocycles. The highest BCUT2D eigenvalue weighted by molar-refractivity contribution is 7.13. The number of pyridine rings is 1. The Hall–Kier alpha value is -3.82. The lowest BCUT2D eigenvalue weighted by Gasteiger charge is -2.37. The monoisotopic (exact) mass is 537 g/mol. The van der Waals surface area contributed by atoms with Crippen LogP contribution in [0.25, 0.3) is 0 Å². The number of carbonyl (C=O) groups excluding carboxylic acids is 4. The number of anilines is 1. The summed E-state index contributed by atoms with van der Waals surface area (Å²) in [5.74, 6) is 0.166. The zero-order valence-corrected chi connectivity index (χ0v) is 22.4. The Labute approximate surface area is 225 Å². The summed E-state index contributed by atoms with van der Waals surface area (Å²) >= 11 is 1.36. The molecular weight excluding hydrogens is 506 g/mol. The first kappa shape index (κ1) is 27.2. The molecule has 3 atom stereocenters. The van der Waals surface area contributed by atoms with Gasteiger partial charge in [0, 0.05) is 62.2 Å². The maximum absolute atomic E-state index is 13.2.